The van der Waals surface area contributed by atoms with Crippen molar-refractivity contribution in [2.24, 2.45) is 0 Å². The zero-order valence-electron chi connectivity index (χ0n) is 2.44. The summed E-state index contributed by atoms with van der Waals surface area (Å²) >= 11 is 0. The van der Waals surface area contributed by atoms with Gasteiger partial charge in [0.2, 0.25) is 0 Å². The maximum atomic E-state index is 8.53. The minimum Gasteiger partial charge on any atom is -0.871 e. The topological polar surface area (TPSA) is 66.3 Å². The van der Waals surface area contributed by atoms with Crippen LogP contribution in [0.3, 0.4) is 0 Å². The van der Waals surface area contributed by atoms with Crippen LogP contribution in [-0.4, -0.2) is 12.3 Å². The van der Waals surface area contributed by atoms with Gasteiger partial charge in [-0.2, -0.15) is 0 Å². The van der Waals surface area contributed by atoms with Gasteiger partial charge in [-0.25, -0.2) is 0 Å². The Balaban J connectivity index is -0.0000000450. The maximum Gasteiger partial charge on any atom is 1.00 e. The van der Waals surface area contributed by atoms with E-state index in [1.165, 1.54) is 0 Å². The molecule has 0 aromatic rings. The Hall–Kier alpha value is 1.43. The van der Waals surface area contributed by atoms with E-state index in [1.54, 1.807) is 0 Å². The predicted octanol–water partition coefficient (Wildman–Crippen LogP) is -3.32. The third-order valence-electron chi connectivity index (χ3n) is 0. The quantitative estimate of drug-likeness (QED) is 0.471. The number of hydrogen-bond donors (Lipinski definition) is 1. The molecule has 0 heterocycles. The van der Waals surface area contributed by atoms with Gasteiger partial charge in [-0.15, -0.1) is 0 Å². The Kier molecular flexibility index (Phi) is 25.2. The van der Waals surface area contributed by atoms with Crippen molar-refractivity contribution in [2.45, 2.75) is 0 Å². The fourth-order valence-corrected chi connectivity index (χ4v) is 0. The molecule has 0 rings (SSSR count). The van der Waals surface area contributed by atoms with Crippen LogP contribution >= 0.6 is 0 Å². The fourth-order valence-electron chi connectivity index (χ4n) is 0. The van der Waals surface area contributed by atoms with Crippen LogP contribution in [0.5, 0.6) is 0 Å². The van der Waals surface area contributed by atoms with Crippen LogP contribution in [0.4, 0.5) is 0 Å². The summed E-state index contributed by atoms with van der Waals surface area (Å²) in [5.74, 6) is 0. The van der Waals surface area contributed by atoms with Gasteiger partial charge in [-0.1, -0.05) is 0 Å². The van der Waals surface area contributed by atoms with Gasteiger partial charge in [0.25, 0.3) is 0 Å². The standard InChI is InChI=1S/2Ag.BHO3/c;;2-1(3)4/h;;2H/q2*+1;-2. The molecule has 3 nitrogen and oxygen atoms in total. The summed E-state index contributed by atoms with van der Waals surface area (Å²) < 4.78 is 0. The monoisotopic (exact) mass is 274 g/mol. The molecule has 0 aromatic heterocycles. The molecule has 0 spiro atoms. The summed E-state index contributed by atoms with van der Waals surface area (Å²) in [6, 6.07) is 0. The molecule has 6 heavy (non-hydrogen) atoms. The molecule has 0 atom stereocenters. The molecule has 0 fully saturated rings. The van der Waals surface area contributed by atoms with E-state index in [1.807, 2.05) is 0 Å². The Morgan fingerprint density at radius 2 is 1.17 bits per heavy atom. The summed E-state index contributed by atoms with van der Waals surface area (Å²) in [6.45, 7) is 0. The minimum atomic E-state index is -2.67. The summed E-state index contributed by atoms with van der Waals surface area (Å²) in [5, 5.41) is 24.0. The molecule has 0 saturated heterocycles. The Morgan fingerprint density at radius 1 is 1.17 bits per heavy atom. The molecule has 0 aliphatic heterocycles. The summed E-state index contributed by atoms with van der Waals surface area (Å²) in [5.41, 5.74) is 0. The van der Waals surface area contributed by atoms with E-state index in [-0.39, 0.29) is 44.8 Å². The first-order valence-corrected chi connectivity index (χ1v) is 0.730. The first-order valence-electron chi connectivity index (χ1n) is 0.730. The second kappa shape index (κ2) is 9.66. The van der Waals surface area contributed by atoms with Crippen molar-refractivity contribution in [1.82, 2.24) is 0 Å². The molecule has 0 amide bonds. The van der Waals surface area contributed by atoms with E-state index in [0.717, 1.165) is 0 Å². The molecule has 0 unspecified atom stereocenters. The van der Waals surface area contributed by atoms with E-state index >= 15 is 0 Å². The molecule has 44 valence electrons. The van der Waals surface area contributed by atoms with Gasteiger partial charge in [-0.05, 0) is 0 Å². The van der Waals surface area contributed by atoms with Crippen molar-refractivity contribution in [3.05, 3.63) is 0 Å². The average Bonchev–Trinajstić information content (AvgIpc) is 0.811. The molecular weight excluding hydrogens is 275 g/mol. The van der Waals surface area contributed by atoms with Crippen LogP contribution in [0.2, 0.25) is 0 Å². The SMILES string of the molecule is [Ag+].[Ag+].[O-]B([O-])O. The third kappa shape index (κ3) is 52.3. The Bertz CT molecular complexity index is 13.5. The van der Waals surface area contributed by atoms with Gasteiger partial charge in [0.15, 0.2) is 0 Å². The largest absolute Gasteiger partial charge is 1.00 e. The number of rotatable bonds is 0. The molecule has 0 bridgehead atoms. The Morgan fingerprint density at radius 3 is 1.17 bits per heavy atom. The van der Waals surface area contributed by atoms with E-state index < -0.39 is 7.32 Å². The summed E-state index contributed by atoms with van der Waals surface area (Å²) in [6.07, 6.45) is 0. The summed E-state index contributed by atoms with van der Waals surface area (Å²) in [4.78, 5) is 0. The second-order valence-electron chi connectivity index (χ2n) is 0.307. The molecule has 0 aliphatic rings. The first-order chi connectivity index (χ1) is 1.73. The van der Waals surface area contributed by atoms with Gasteiger partial charge in [0.05, 0.1) is 7.32 Å². The first kappa shape index (κ1) is 15.7. The van der Waals surface area contributed by atoms with Crippen LogP contribution in [0.25, 0.3) is 0 Å². The maximum absolute atomic E-state index is 8.53. The van der Waals surface area contributed by atoms with Crippen molar-refractivity contribution in [3.63, 3.8) is 0 Å². The van der Waals surface area contributed by atoms with E-state index in [0.29, 0.717) is 0 Å². The minimum absolute atomic E-state index is 0. The van der Waals surface area contributed by atoms with Crippen LogP contribution in [0.15, 0.2) is 0 Å². The van der Waals surface area contributed by atoms with Gasteiger partial charge in [0, 0.05) is 0 Å². The molecule has 0 aromatic carbocycles. The zero-order chi connectivity index (χ0) is 3.58. The van der Waals surface area contributed by atoms with Crippen molar-refractivity contribution in [1.29, 1.82) is 0 Å². The predicted molar refractivity (Wildman–Crippen MR) is 7.97 cm³/mol. The van der Waals surface area contributed by atoms with Gasteiger partial charge >= 0.3 is 44.8 Å². The number of hydrogen-bond acceptors (Lipinski definition) is 3. The van der Waals surface area contributed by atoms with Gasteiger partial charge in [0.1, 0.15) is 0 Å². The van der Waals surface area contributed by atoms with Crippen molar-refractivity contribution >= 4 is 7.32 Å². The zero-order valence-corrected chi connectivity index (χ0v) is 5.41. The molecule has 6 heteroatoms. The molecular formula is HAg2BO3. The van der Waals surface area contributed by atoms with E-state index in [2.05, 4.69) is 0 Å². The Labute approximate surface area is 67.0 Å². The van der Waals surface area contributed by atoms with Gasteiger partial charge < -0.3 is 15.1 Å². The van der Waals surface area contributed by atoms with Crippen molar-refractivity contribution in [3.8, 4) is 0 Å². The molecule has 0 aliphatic carbocycles. The molecule has 0 radical (unpaired) electrons. The molecule has 0 saturated carbocycles. The van der Waals surface area contributed by atoms with Gasteiger partial charge in [-0.3, -0.25) is 0 Å². The second-order valence-corrected chi connectivity index (χ2v) is 0.307. The van der Waals surface area contributed by atoms with Crippen LogP contribution in [-0.2, 0) is 44.8 Å². The summed E-state index contributed by atoms with van der Waals surface area (Å²) in [7, 11) is -2.67. The normalized spacial score (nSPS) is 4.50. The van der Waals surface area contributed by atoms with Crippen LogP contribution in [0, 0.1) is 0 Å². The van der Waals surface area contributed by atoms with E-state index in [9.17, 15) is 0 Å². The smallest absolute Gasteiger partial charge is 0.871 e. The average molecular weight is 276 g/mol. The van der Waals surface area contributed by atoms with E-state index in [4.69, 9.17) is 15.1 Å². The van der Waals surface area contributed by atoms with Crippen molar-refractivity contribution < 1.29 is 59.8 Å². The van der Waals surface area contributed by atoms with Crippen molar-refractivity contribution in [2.75, 3.05) is 0 Å². The third-order valence-corrected chi connectivity index (χ3v) is 0. The fraction of sp³-hybridized carbons (Fsp3) is 0. The van der Waals surface area contributed by atoms with Crippen LogP contribution < -0.4 is 10.0 Å². The van der Waals surface area contributed by atoms with Crippen LogP contribution in [0.1, 0.15) is 0 Å². The molecule has 1 N–H and O–H groups in total.